The van der Waals surface area contributed by atoms with Gasteiger partial charge >= 0.3 is 0 Å². The summed E-state index contributed by atoms with van der Waals surface area (Å²) in [5.41, 5.74) is 0. The van der Waals surface area contributed by atoms with Gasteiger partial charge in [-0.15, -0.1) is 0 Å². The first kappa shape index (κ1) is 13.0. The molecular weight excluding hydrogens is 232 g/mol. The lowest BCUT2D eigenvalue weighted by Gasteiger charge is -2.29. The van der Waals surface area contributed by atoms with Gasteiger partial charge in [-0.2, -0.15) is 0 Å². The van der Waals surface area contributed by atoms with Crippen LogP contribution in [-0.2, 0) is 4.74 Å². The lowest BCUT2D eigenvalue weighted by molar-refractivity contribution is 0.122. The molecule has 2 heterocycles. The summed E-state index contributed by atoms with van der Waals surface area (Å²) in [5, 5.41) is 8.97. The van der Waals surface area contributed by atoms with E-state index in [1.807, 2.05) is 24.9 Å². The molecule has 1 saturated heterocycles. The lowest BCUT2D eigenvalue weighted by Crippen LogP contribution is -2.37. The van der Waals surface area contributed by atoms with Crippen LogP contribution < -0.4 is 9.80 Å². The molecule has 1 fully saturated rings. The maximum atomic E-state index is 8.97. The van der Waals surface area contributed by atoms with Crippen LogP contribution >= 0.6 is 0 Å². The highest BCUT2D eigenvalue weighted by Gasteiger charge is 2.15. The molecular formula is C12H20N4O2. The summed E-state index contributed by atoms with van der Waals surface area (Å²) in [5.74, 6) is 2.53. The van der Waals surface area contributed by atoms with Crippen molar-refractivity contribution >= 4 is 11.6 Å². The first-order chi connectivity index (χ1) is 8.70. The number of aliphatic hydroxyl groups excluding tert-OH is 1. The van der Waals surface area contributed by atoms with E-state index in [0.29, 0.717) is 6.54 Å². The zero-order valence-corrected chi connectivity index (χ0v) is 11.0. The minimum atomic E-state index is 0.117. The number of rotatable bonds is 4. The largest absolute Gasteiger partial charge is 0.395 e. The highest BCUT2D eigenvalue weighted by Crippen LogP contribution is 2.19. The molecule has 0 amide bonds. The van der Waals surface area contributed by atoms with E-state index in [0.717, 1.165) is 43.8 Å². The van der Waals surface area contributed by atoms with Crippen molar-refractivity contribution in [2.75, 3.05) is 56.3 Å². The van der Waals surface area contributed by atoms with Crippen molar-refractivity contribution in [3.05, 3.63) is 11.9 Å². The van der Waals surface area contributed by atoms with E-state index in [2.05, 4.69) is 14.9 Å². The van der Waals surface area contributed by atoms with Gasteiger partial charge in [0.2, 0.25) is 0 Å². The summed E-state index contributed by atoms with van der Waals surface area (Å²) < 4.78 is 5.34. The monoisotopic (exact) mass is 252 g/mol. The smallest absolute Gasteiger partial charge is 0.134 e. The van der Waals surface area contributed by atoms with Crippen molar-refractivity contribution < 1.29 is 9.84 Å². The van der Waals surface area contributed by atoms with E-state index < -0.39 is 0 Å². The fourth-order valence-electron chi connectivity index (χ4n) is 1.95. The fraction of sp³-hybridized carbons (Fsp3) is 0.667. The van der Waals surface area contributed by atoms with Crippen molar-refractivity contribution in [1.82, 2.24) is 9.97 Å². The predicted molar refractivity (Wildman–Crippen MR) is 70.2 cm³/mol. The van der Waals surface area contributed by atoms with E-state index in [9.17, 15) is 0 Å². The number of likely N-dealkylation sites (N-methyl/N-ethyl adjacent to an activating group) is 1. The molecule has 18 heavy (non-hydrogen) atoms. The number of aromatic nitrogens is 2. The number of ether oxygens (including phenoxy) is 1. The molecule has 0 spiro atoms. The molecule has 0 atom stereocenters. The second-order valence-electron chi connectivity index (χ2n) is 4.38. The van der Waals surface area contributed by atoms with Crippen LogP contribution in [0, 0.1) is 6.92 Å². The second-order valence-corrected chi connectivity index (χ2v) is 4.38. The third kappa shape index (κ3) is 3.08. The van der Waals surface area contributed by atoms with Crippen LogP contribution in [0.2, 0.25) is 0 Å². The van der Waals surface area contributed by atoms with Crippen molar-refractivity contribution in [1.29, 1.82) is 0 Å². The highest BCUT2D eigenvalue weighted by molar-refractivity contribution is 5.50. The van der Waals surface area contributed by atoms with Crippen LogP contribution in [0.25, 0.3) is 0 Å². The third-order valence-corrected chi connectivity index (χ3v) is 2.97. The molecule has 1 N–H and O–H groups in total. The molecule has 2 rings (SSSR count). The Morgan fingerprint density at radius 3 is 2.78 bits per heavy atom. The molecule has 0 radical (unpaired) electrons. The Balaban J connectivity index is 2.19. The number of aryl methyl sites for hydroxylation is 1. The van der Waals surface area contributed by atoms with Crippen molar-refractivity contribution in [3.8, 4) is 0 Å². The van der Waals surface area contributed by atoms with Gasteiger partial charge < -0.3 is 19.6 Å². The van der Waals surface area contributed by atoms with Gasteiger partial charge in [-0.25, -0.2) is 9.97 Å². The van der Waals surface area contributed by atoms with Gasteiger partial charge in [0, 0.05) is 32.7 Å². The predicted octanol–water partition coefficient (Wildman–Crippen LogP) is 0.0501. The molecule has 1 aromatic heterocycles. The summed E-state index contributed by atoms with van der Waals surface area (Å²) in [6.07, 6.45) is 0. The number of aliphatic hydroxyl groups is 1. The van der Waals surface area contributed by atoms with Crippen LogP contribution in [0.1, 0.15) is 5.82 Å². The molecule has 0 aliphatic carbocycles. The molecule has 100 valence electrons. The van der Waals surface area contributed by atoms with E-state index >= 15 is 0 Å². The average Bonchev–Trinajstić information content (AvgIpc) is 2.39. The first-order valence-corrected chi connectivity index (χ1v) is 6.21. The average molecular weight is 252 g/mol. The number of anilines is 2. The Bertz CT molecular complexity index is 394. The summed E-state index contributed by atoms with van der Waals surface area (Å²) in [6.45, 7) is 5.78. The third-order valence-electron chi connectivity index (χ3n) is 2.97. The molecule has 1 aromatic rings. The van der Waals surface area contributed by atoms with Crippen LogP contribution in [0.3, 0.4) is 0 Å². The zero-order valence-electron chi connectivity index (χ0n) is 11.0. The summed E-state index contributed by atoms with van der Waals surface area (Å²) in [6, 6.07) is 1.97. The Kier molecular flexibility index (Phi) is 4.33. The first-order valence-electron chi connectivity index (χ1n) is 6.21. The fourth-order valence-corrected chi connectivity index (χ4v) is 1.95. The molecule has 6 heteroatoms. The molecule has 0 bridgehead atoms. The van der Waals surface area contributed by atoms with E-state index in [1.165, 1.54) is 0 Å². The minimum absolute atomic E-state index is 0.117. The standard InChI is InChI=1S/C12H20N4O2/c1-10-13-11(15(2)3-6-17)9-12(14-10)16-4-7-18-8-5-16/h9,17H,3-8H2,1-2H3. The molecule has 1 aliphatic rings. The SMILES string of the molecule is Cc1nc(N(C)CCO)cc(N2CCOCC2)n1. The molecule has 0 aromatic carbocycles. The summed E-state index contributed by atoms with van der Waals surface area (Å²) in [7, 11) is 1.92. The van der Waals surface area contributed by atoms with E-state index in [1.54, 1.807) is 0 Å². The number of hydrogen-bond acceptors (Lipinski definition) is 6. The van der Waals surface area contributed by atoms with E-state index in [4.69, 9.17) is 9.84 Å². The number of hydrogen-bond donors (Lipinski definition) is 1. The van der Waals surface area contributed by atoms with Crippen molar-refractivity contribution in [2.45, 2.75) is 6.92 Å². The summed E-state index contributed by atoms with van der Waals surface area (Å²) >= 11 is 0. The number of nitrogens with zero attached hydrogens (tertiary/aromatic N) is 4. The lowest BCUT2D eigenvalue weighted by atomic mass is 10.3. The molecule has 1 aliphatic heterocycles. The van der Waals surface area contributed by atoms with Gasteiger partial charge in [0.1, 0.15) is 17.5 Å². The normalized spacial score (nSPS) is 15.8. The molecule has 0 saturated carbocycles. The summed E-state index contributed by atoms with van der Waals surface area (Å²) in [4.78, 5) is 13.0. The van der Waals surface area contributed by atoms with Crippen LogP contribution in [0.15, 0.2) is 6.07 Å². The van der Waals surface area contributed by atoms with Gasteiger partial charge in [0.15, 0.2) is 0 Å². The molecule has 0 unspecified atom stereocenters. The Morgan fingerprint density at radius 2 is 2.11 bits per heavy atom. The molecule has 6 nitrogen and oxygen atoms in total. The zero-order chi connectivity index (χ0) is 13.0. The Morgan fingerprint density at radius 1 is 1.39 bits per heavy atom. The Labute approximate surface area is 107 Å². The van der Waals surface area contributed by atoms with Gasteiger partial charge in [0.25, 0.3) is 0 Å². The van der Waals surface area contributed by atoms with Crippen molar-refractivity contribution in [2.24, 2.45) is 0 Å². The van der Waals surface area contributed by atoms with Crippen molar-refractivity contribution in [3.63, 3.8) is 0 Å². The van der Waals surface area contributed by atoms with Crippen LogP contribution in [-0.4, -0.2) is 61.6 Å². The quantitative estimate of drug-likeness (QED) is 0.817. The maximum Gasteiger partial charge on any atom is 0.134 e. The van der Waals surface area contributed by atoms with Gasteiger partial charge in [-0.1, -0.05) is 0 Å². The second kappa shape index (κ2) is 5.97. The van der Waals surface area contributed by atoms with Gasteiger partial charge in [-0.05, 0) is 6.92 Å². The van der Waals surface area contributed by atoms with E-state index in [-0.39, 0.29) is 6.61 Å². The topological polar surface area (TPSA) is 61.7 Å². The Hall–Kier alpha value is -1.40. The van der Waals surface area contributed by atoms with Crippen LogP contribution in [0.4, 0.5) is 11.6 Å². The maximum absolute atomic E-state index is 8.97. The number of morpholine rings is 1. The van der Waals surface area contributed by atoms with Gasteiger partial charge in [0.05, 0.1) is 19.8 Å². The minimum Gasteiger partial charge on any atom is -0.395 e. The van der Waals surface area contributed by atoms with Gasteiger partial charge in [-0.3, -0.25) is 0 Å². The van der Waals surface area contributed by atoms with Crippen LogP contribution in [0.5, 0.6) is 0 Å². The highest BCUT2D eigenvalue weighted by atomic mass is 16.5.